The molecule has 1 aromatic heterocycles. The number of ether oxygens (including phenoxy) is 1. The van der Waals surface area contributed by atoms with Crippen LogP contribution >= 0.6 is 12.2 Å². The van der Waals surface area contributed by atoms with Gasteiger partial charge >= 0.3 is 0 Å². The van der Waals surface area contributed by atoms with Crippen LogP contribution in [0.15, 0.2) is 66.7 Å². The molecule has 4 aromatic rings. The van der Waals surface area contributed by atoms with Crippen LogP contribution in [0.2, 0.25) is 0 Å². The fourth-order valence-electron chi connectivity index (χ4n) is 3.66. The Morgan fingerprint density at radius 3 is 2.53 bits per heavy atom. The first-order chi connectivity index (χ1) is 17.3. The zero-order valence-electron chi connectivity index (χ0n) is 19.9. The molecule has 0 aliphatic rings. The number of aromatic nitrogens is 1. The third-order valence-electron chi connectivity index (χ3n) is 5.62. The summed E-state index contributed by atoms with van der Waals surface area (Å²) in [6.45, 7) is 3.41. The number of thiocarbonyl (C=S) groups is 1. The summed E-state index contributed by atoms with van der Waals surface area (Å²) in [7, 11) is 1.45. The second kappa shape index (κ2) is 10.4. The molecule has 0 aliphatic carbocycles. The van der Waals surface area contributed by atoms with Crippen molar-refractivity contribution in [1.82, 2.24) is 15.7 Å². The lowest BCUT2D eigenvalue weighted by Gasteiger charge is -2.15. The smallest absolute Gasteiger partial charge is 0.258 e. The van der Waals surface area contributed by atoms with Gasteiger partial charge in [0.25, 0.3) is 5.91 Å². The number of amides is 1. The van der Waals surface area contributed by atoms with Gasteiger partial charge in [-0.3, -0.25) is 25.8 Å². The fraction of sp³-hybridized carbons (Fsp3) is 0.111. The van der Waals surface area contributed by atoms with E-state index in [1.807, 2.05) is 31.2 Å². The predicted octanol–water partition coefficient (Wildman–Crippen LogP) is 4.76. The number of phenols is 1. The SMILES string of the molecule is COc1cc(-c2cc(C(=O)NC(=S)NNc3ccccc3C)c3cc(C(C)=O)ccc3n2)ccc1O. The lowest BCUT2D eigenvalue weighted by Crippen LogP contribution is -2.42. The predicted molar refractivity (Wildman–Crippen MR) is 143 cm³/mol. The Bertz CT molecular complexity index is 1500. The topological polar surface area (TPSA) is 113 Å². The molecular weight excluding hydrogens is 476 g/mol. The highest BCUT2D eigenvalue weighted by molar-refractivity contribution is 7.80. The van der Waals surface area contributed by atoms with Crippen LogP contribution in [-0.4, -0.2) is 34.0 Å². The highest BCUT2D eigenvalue weighted by Gasteiger charge is 2.17. The summed E-state index contributed by atoms with van der Waals surface area (Å²) < 4.78 is 5.21. The standard InChI is InChI=1S/C27H24N4O4S/c1-15-6-4-5-7-21(15)30-31-27(36)29-26(34)20-14-23(18-9-11-24(33)25(13-18)35-3)28-22-10-8-17(16(2)32)12-19(20)22/h4-14,30,33H,1-3H3,(H2,29,31,34,36). The van der Waals surface area contributed by atoms with E-state index in [1.165, 1.54) is 20.1 Å². The van der Waals surface area contributed by atoms with E-state index in [4.69, 9.17) is 17.0 Å². The van der Waals surface area contributed by atoms with Gasteiger partial charge in [-0.1, -0.05) is 18.2 Å². The van der Waals surface area contributed by atoms with E-state index >= 15 is 0 Å². The normalized spacial score (nSPS) is 10.5. The highest BCUT2D eigenvalue weighted by atomic mass is 32.1. The number of Topliss-reactive ketones (excluding diaryl/α,β-unsaturated/α-hetero) is 1. The van der Waals surface area contributed by atoms with Gasteiger partial charge in [-0.2, -0.15) is 0 Å². The third kappa shape index (κ3) is 5.26. The van der Waals surface area contributed by atoms with E-state index < -0.39 is 5.91 Å². The van der Waals surface area contributed by atoms with E-state index in [0.29, 0.717) is 27.7 Å². The van der Waals surface area contributed by atoms with Crippen molar-refractivity contribution >= 4 is 45.6 Å². The second-order valence-corrected chi connectivity index (χ2v) is 8.49. The molecule has 1 amide bonds. The number of nitrogens with zero attached hydrogens (tertiary/aromatic N) is 1. The van der Waals surface area contributed by atoms with Gasteiger partial charge in [0.15, 0.2) is 22.4 Å². The lowest BCUT2D eigenvalue weighted by atomic mass is 10.0. The number of hydrazine groups is 1. The number of pyridine rings is 1. The average Bonchev–Trinajstić information content (AvgIpc) is 2.87. The summed E-state index contributed by atoms with van der Waals surface area (Å²) >= 11 is 5.32. The summed E-state index contributed by atoms with van der Waals surface area (Å²) in [6, 6.07) is 19.1. The number of para-hydroxylation sites is 1. The van der Waals surface area contributed by atoms with Gasteiger partial charge < -0.3 is 9.84 Å². The van der Waals surface area contributed by atoms with Gasteiger partial charge in [-0.15, -0.1) is 0 Å². The van der Waals surface area contributed by atoms with Crippen molar-refractivity contribution in [2.75, 3.05) is 12.5 Å². The summed E-state index contributed by atoms with van der Waals surface area (Å²) in [5.41, 5.74) is 10.0. The fourth-order valence-corrected chi connectivity index (χ4v) is 3.80. The molecule has 0 saturated heterocycles. The second-order valence-electron chi connectivity index (χ2n) is 8.08. The molecule has 0 atom stereocenters. The average molecular weight is 501 g/mol. The van der Waals surface area contributed by atoms with Gasteiger partial charge in [0.05, 0.1) is 29.6 Å². The van der Waals surface area contributed by atoms with Crippen molar-refractivity contribution in [3.63, 3.8) is 0 Å². The molecule has 0 saturated carbocycles. The van der Waals surface area contributed by atoms with Crippen molar-refractivity contribution in [3.05, 3.63) is 83.4 Å². The molecule has 3 aromatic carbocycles. The van der Waals surface area contributed by atoms with E-state index in [9.17, 15) is 14.7 Å². The highest BCUT2D eigenvalue weighted by Crippen LogP contribution is 2.32. The van der Waals surface area contributed by atoms with Gasteiger partial charge in [-0.25, -0.2) is 4.98 Å². The molecule has 1 heterocycles. The van der Waals surface area contributed by atoms with Crippen LogP contribution in [0.25, 0.3) is 22.2 Å². The number of nitrogens with one attached hydrogen (secondary N) is 3. The largest absolute Gasteiger partial charge is 0.504 e. The molecule has 0 fully saturated rings. The number of hydrogen-bond acceptors (Lipinski definition) is 7. The Balaban J connectivity index is 1.69. The number of anilines is 1. The third-order valence-corrected chi connectivity index (χ3v) is 5.82. The number of fused-ring (bicyclic) bond motifs is 1. The summed E-state index contributed by atoms with van der Waals surface area (Å²) in [5.74, 6) is -0.335. The molecule has 9 heteroatoms. The summed E-state index contributed by atoms with van der Waals surface area (Å²) in [4.78, 5) is 30.0. The quantitative estimate of drug-likeness (QED) is 0.170. The molecule has 0 aliphatic heterocycles. The first-order valence-electron chi connectivity index (χ1n) is 11.0. The zero-order valence-corrected chi connectivity index (χ0v) is 20.7. The number of rotatable bonds is 6. The number of aryl methyl sites for hydroxylation is 1. The van der Waals surface area contributed by atoms with E-state index in [-0.39, 0.29) is 28.0 Å². The van der Waals surface area contributed by atoms with Crippen LogP contribution < -0.4 is 20.9 Å². The minimum Gasteiger partial charge on any atom is -0.504 e. The van der Waals surface area contributed by atoms with Crippen LogP contribution in [0.4, 0.5) is 5.69 Å². The molecule has 0 unspecified atom stereocenters. The Morgan fingerprint density at radius 2 is 1.81 bits per heavy atom. The van der Waals surface area contributed by atoms with E-state index in [1.54, 1.807) is 36.4 Å². The van der Waals surface area contributed by atoms with Crippen LogP contribution in [-0.2, 0) is 0 Å². The molecule has 8 nitrogen and oxygen atoms in total. The lowest BCUT2D eigenvalue weighted by molar-refractivity contribution is 0.0976. The van der Waals surface area contributed by atoms with Crippen molar-refractivity contribution in [3.8, 4) is 22.8 Å². The molecule has 0 bridgehead atoms. The molecular formula is C27H24N4O4S. The molecule has 4 N–H and O–H groups in total. The Labute approximate surface area is 213 Å². The van der Waals surface area contributed by atoms with Crippen LogP contribution in [0, 0.1) is 6.92 Å². The minimum absolute atomic E-state index is 0.0105. The maximum Gasteiger partial charge on any atom is 0.258 e. The summed E-state index contributed by atoms with van der Waals surface area (Å²) in [6.07, 6.45) is 0. The van der Waals surface area contributed by atoms with Crippen molar-refractivity contribution in [2.45, 2.75) is 13.8 Å². The number of aromatic hydroxyl groups is 1. The van der Waals surface area contributed by atoms with Crippen molar-refractivity contribution in [2.24, 2.45) is 0 Å². The van der Waals surface area contributed by atoms with E-state index in [0.717, 1.165) is 11.3 Å². The molecule has 0 radical (unpaired) electrons. The monoisotopic (exact) mass is 500 g/mol. The molecule has 182 valence electrons. The van der Waals surface area contributed by atoms with Crippen molar-refractivity contribution in [1.29, 1.82) is 0 Å². The van der Waals surface area contributed by atoms with Crippen LogP contribution in [0.5, 0.6) is 11.5 Å². The van der Waals surface area contributed by atoms with Gasteiger partial charge in [0.2, 0.25) is 0 Å². The Morgan fingerprint density at radius 1 is 1.03 bits per heavy atom. The molecule has 4 rings (SSSR count). The van der Waals surface area contributed by atoms with Crippen molar-refractivity contribution < 1.29 is 19.4 Å². The molecule has 36 heavy (non-hydrogen) atoms. The number of methoxy groups -OCH3 is 1. The number of carbonyl (C=O) groups excluding carboxylic acids is 2. The summed E-state index contributed by atoms with van der Waals surface area (Å²) in [5, 5.41) is 13.2. The molecule has 0 spiro atoms. The Kier molecular flexibility index (Phi) is 7.12. The Hall–Kier alpha value is -4.50. The van der Waals surface area contributed by atoms with Gasteiger partial charge in [0, 0.05) is 16.5 Å². The minimum atomic E-state index is -0.473. The number of ketones is 1. The zero-order chi connectivity index (χ0) is 25.8. The number of benzene rings is 3. The van der Waals surface area contributed by atoms with Crippen LogP contribution in [0.3, 0.4) is 0 Å². The van der Waals surface area contributed by atoms with Crippen LogP contribution in [0.1, 0.15) is 33.2 Å². The van der Waals surface area contributed by atoms with Gasteiger partial charge in [-0.05, 0) is 80.2 Å². The maximum absolute atomic E-state index is 13.3. The van der Waals surface area contributed by atoms with Gasteiger partial charge in [0.1, 0.15) is 0 Å². The number of hydrogen-bond donors (Lipinski definition) is 4. The number of carbonyl (C=O) groups is 2. The maximum atomic E-state index is 13.3. The first-order valence-corrected chi connectivity index (χ1v) is 11.4. The van der Waals surface area contributed by atoms with E-state index in [2.05, 4.69) is 21.2 Å². The first kappa shape index (κ1) is 24.6. The number of phenolic OH excluding ortho intramolecular Hbond substituents is 1.